The zero-order chi connectivity index (χ0) is 13.9. The lowest BCUT2D eigenvalue weighted by atomic mass is 10.1. The summed E-state index contributed by atoms with van der Waals surface area (Å²) >= 11 is 0. The summed E-state index contributed by atoms with van der Waals surface area (Å²) in [7, 11) is 0. The molecule has 3 rings (SSSR count). The zero-order valence-electron chi connectivity index (χ0n) is 13.0. The Bertz CT molecular complexity index is 452. The lowest BCUT2D eigenvalue weighted by Gasteiger charge is -2.25. The molecular formula is C16H28N4. The molecule has 1 saturated heterocycles. The SMILES string of the molecule is CCCc1nc2c(n1CC1CCCN1CC)CCNC2. The predicted molar refractivity (Wildman–Crippen MR) is 81.9 cm³/mol. The van der Waals surface area contributed by atoms with E-state index in [-0.39, 0.29) is 0 Å². The van der Waals surface area contributed by atoms with E-state index >= 15 is 0 Å². The van der Waals surface area contributed by atoms with E-state index in [9.17, 15) is 0 Å². The van der Waals surface area contributed by atoms with Crippen LogP contribution in [0.3, 0.4) is 0 Å². The quantitative estimate of drug-likeness (QED) is 0.892. The van der Waals surface area contributed by atoms with Crippen LogP contribution in [0.15, 0.2) is 0 Å². The Labute approximate surface area is 122 Å². The van der Waals surface area contributed by atoms with Gasteiger partial charge in [-0.3, -0.25) is 4.90 Å². The van der Waals surface area contributed by atoms with Crippen LogP contribution in [0.25, 0.3) is 0 Å². The standard InChI is InChI=1S/C16H28N4/c1-3-6-16-18-14-11-17-9-8-15(14)20(16)12-13-7-5-10-19(13)4-2/h13,17H,3-12H2,1-2H3. The number of rotatable bonds is 5. The fourth-order valence-corrected chi connectivity index (χ4v) is 3.79. The van der Waals surface area contributed by atoms with Gasteiger partial charge >= 0.3 is 0 Å². The maximum atomic E-state index is 4.92. The van der Waals surface area contributed by atoms with Crippen molar-refractivity contribution in [1.29, 1.82) is 0 Å². The Kier molecular flexibility index (Phi) is 4.41. The largest absolute Gasteiger partial charge is 0.330 e. The van der Waals surface area contributed by atoms with Crippen LogP contribution in [0, 0.1) is 0 Å². The van der Waals surface area contributed by atoms with Gasteiger partial charge in [0, 0.05) is 44.2 Å². The number of aryl methyl sites for hydroxylation is 1. The van der Waals surface area contributed by atoms with Crippen molar-refractivity contribution in [2.24, 2.45) is 0 Å². The third-order valence-corrected chi connectivity index (χ3v) is 4.84. The summed E-state index contributed by atoms with van der Waals surface area (Å²) < 4.78 is 2.57. The second-order valence-electron chi connectivity index (χ2n) is 6.13. The van der Waals surface area contributed by atoms with Crippen molar-refractivity contribution in [3.05, 3.63) is 17.2 Å². The van der Waals surface area contributed by atoms with Crippen molar-refractivity contribution >= 4 is 0 Å². The summed E-state index contributed by atoms with van der Waals surface area (Å²) in [5.41, 5.74) is 2.82. The van der Waals surface area contributed by atoms with E-state index in [0.29, 0.717) is 0 Å². The van der Waals surface area contributed by atoms with E-state index in [0.717, 1.165) is 38.5 Å². The molecule has 1 unspecified atom stereocenters. The molecule has 0 bridgehead atoms. The number of hydrogen-bond acceptors (Lipinski definition) is 3. The highest BCUT2D eigenvalue weighted by Gasteiger charge is 2.26. The van der Waals surface area contributed by atoms with Crippen molar-refractivity contribution < 1.29 is 0 Å². The molecule has 0 aromatic carbocycles. The van der Waals surface area contributed by atoms with Gasteiger partial charge in [0.2, 0.25) is 0 Å². The topological polar surface area (TPSA) is 33.1 Å². The van der Waals surface area contributed by atoms with Crippen LogP contribution in [0.4, 0.5) is 0 Å². The molecular weight excluding hydrogens is 248 g/mol. The first-order valence-corrected chi connectivity index (χ1v) is 8.35. The highest BCUT2D eigenvalue weighted by atomic mass is 15.2. The van der Waals surface area contributed by atoms with Gasteiger partial charge < -0.3 is 9.88 Å². The number of likely N-dealkylation sites (N-methyl/N-ethyl adjacent to an activating group) is 1. The van der Waals surface area contributed by atoms with E-state index in [1.165, 1.54) is 49.6 Å². The molecule has 3 heterocycles. The molecule has 1 atom stereocenters. The molecule has 1 fully saturated rings. The second kappa shape index (κ2) is 6.27. The molecule has 0 radical (unpaired) electrons. The lowest BCUT2D eigenvalue weighted by molar-refractivity contribution is 0.241. The minimum Gasteiger partial charge on any atom is -0.330 e. The van der Waals surface area contributed by atoms with Crippen molar-refractivity contribution in [2.45, 2.75) is 65.1 Å². The summed E-state index contributed by atoms with van der Waals surface area (Å²) in [5, 5.41) is 3.45. The van der Waals surface area contributed by atoms with E-state index < -0.39 is 0 Å². The number of hydrogen-bond donors (Lipinski definition) is 1. The zero-order valence-corrected chi connectivity index (χ0v) is 13.0. The fraction of sp³-hybridized carbons (Fsp3) is 0.812. The minimum atomic E-state index is 0.726. The average Bonchev–Trinajstić information content (AvgIpc) is 3.05. The van der Waals surface area contributed by atoms with Gasteiger partial charge in [0.25, 0.3) is 0 Å². The predicted octanol–water partition coefficient (Wildman–Crippen LogP) is 1.97. The summed E-state index contributed by atoms with van der Waals surface area (Å²) in [4.78, 5) is 7.56. The van der Waals surface area contributed by atoms with E-state index in [2.05, 4.69) is 28.6 Å². The number of nitrogens with zero attached hydrogens (tertiary/aromatic N) is 3. The Morgan fingerprint density at radius 1 is 1.35 bits per heavy atom. The molecule has 0 saturated carbocycles. The van der Waals surface area contributed by atoms with Crippen molar-refractivity contribution in [3.8, 4) is 0 Å². The number of likely N-dealkylation sites (tertiary alicyclic amines) is 1. The maximum absolute atomic E-state index is 4.92. The summed E-state index contributed by atoms with van der Waals surface area (Å²) in [6.45, 7) is 10.2. The second-order valence-corrected chi connectivity index (χ2v) is 6.13. The monoisotopic (exact) mass is 276 g/mol. The van der Waals surface area contributed by atoms with Crippen LogP contribution >= 0.6 is 0 Å². The van der Waals surface area contributed by atoms with Crippen molar-refractivity contribution in [1.82, 2.24) is 19.8 Å². The van der Waals surface area contributed by atoms with Crippen LogP contribution in [0.1, 0.15) is 50.3 Å². The minimum absolute atomic E-state index is 0.726. The molecule has 1 aromatic heterocycles. The Balaban J connectivity index is 1.84. The van der Waals surface area contributed by atoms with Gasteiger partial charge in [-0.1, -0.05) is 13.8 Å². The molecule has 0 amide bonds. The Hall–Kier alpha value is -0.870. The van der Waals surface area contributed by atoms with Crippen LogP contribution in [0.5, 0.6) is 0 Å². The van der Waals surface area contributed by atoms with Crippen LogP contribution in [-0.4, -0.2) is 40.1 Å². The molecule has 2 aliphatic heterocycles. The molecule has 4 heteroatoms. The fourth-order valence-electron chi connectivity index (χ4n) is 3.79. The molecule has 1 N–H and O–H groups in total. The molecule has 1 aromatic rings. The van der Waals surface area contributed by atoms with Gasteiger partial charge in [0.05, 0.1) is 5.69 Å². The van der Waals surface area contributed by atoms with Gasteiger partial charge in [-0.25, -0.2) is 4.98 Å². The third-order valence-electron chi connectivity index (χ3n) is 4.84. The molecule has 2 aliphatic rings. The summed E-state index contributed by atoms with van der Waals surface area (Å²) in [6.07, 6.45) is 6.16. The van der Waals surface area contributed by atoms with Gasteiger partial charge in [0.1, 0.15) is 5.82 Å². The van der Waals surface area contributed by atoms with Gasteiger partial charge in [-0.05, 0) is 32.4 Å². The smallest absolute Gasteiger partial charge is 0.109 e. The van der Waals surface area contributed by atoms with Crippen LogP contribution < -0.4 is 5.32 Å². The lowest BCUT2D eigenvalue weighted by Crippen LogP contribution is -2.34. The normalized spacial score (nSPS) is 23.2. The summed E-state index contributed by atoms with van der Waals surface area (Å²) in [5.74, 6) is 1.32. The van der Waals surface area contributed by atoms with Gasteiger partial charge in [0.15, 0.2) is 0 Å². The van der Waals surface area contributed by atoms with Crippen molar-refractivity contribution in [2.75, 3.05) is 19.6 Å². The van der Waals surface area contributed by atoms with Crippen LogP contribution in [-0.2, 0) is 25.9 Å². The Morgan fingerprint density at radius 3 is 3.05 bits per heavy atom. The van der Waals surface area contributed by atoms with Gasteiger partial charge in [-0.2, -0.15) is 0 Å². The third kappa shape index (κ3) is 2.63. The molecule has 112 valence electrons. The van der Waals surface area contributed by atoms with Crippen LogP contribution in [0.2, 0.25) is 0 Å². The maximum Gasteiger partial charge on any atom is 0.109 e. The molecule has 4 nitrogen and oxygen atoms in total. The number of fused-ring (bicyclic) bond motifs is 1. The highest BCUT2D eigenvalue weighted by Crippen LogP contribution is 2.23. The molecule has 0 aliphatic carbocycles. The average molecular weight is 276 g/mol. The first kappa shape index (κ1) is 14.1. The number of aromatic nitrogens is 2. The van der Waals surface area contributed by atoms with E-state index in [4.69, 9.17) is 4.98 Å². The first-order chi connectivity index (χ1) is 9.83. The van der Waals surface area contributed by atoms with E-state index in [1.54, 1.807) is 0 Å². The Morgan fingerprint density at radius 2 is 2.25 bits per heavy atom. The highest BCUT2D eigenvalue weighted by molar-refractivity contribution is 5.21. The molecule has 20 heavy (non-hydrogen) atoms. The van der Waals surface area contributed by atoms with E-state index in [1.807, 2.05) is 0 Å². The molecule has 0 spiro atoms. The number of nitrogens with one attached hydrogen (secondary N) is 1. The van der Waals surface area contributed by atoms with Crippen molar-refractivity contribution in [3.63, 3.8) is 0 Å². The summed E-state index contributed by atoms with van der Waals surface area (Å²) in [6, 6.07) is 0.726. The van der Waals surface area contributed by atoms with Gasteiger partial charge in [-0.15, -0.1) is 0 Å². The number of imidazole rings is 1. The first-order valence-electron chi connectivity index (χ1n) is 8.35.